The first-order valence-electron chi connectivity index (χ1n) is 7.14. The third-order valence-corrected chi connectivity index (χ3v) is 3.65. The maximum absolute atomic E-state index is 5.39. The van der Waals surface area contributed by atoms with Gasteiger partial charge in [-0.15, -0.1) is 0 Å². The smallest absolute Gasteiger partial charge is 0.226 e. The number of hydrogen-bond donors (Lipinski definition) is 1. The van der Waals surface area contributed by atoms with Crippen molar-refractivity contribution in [2.45, 2.75) is 6.42 Å². The van der Waals surface area contributed by atoms with E-state index in [1.807, 2.05) is 13.1 Å². The first-order valence-corrected chi connectivity index (χ1v) is 7.14. The van der Waals surface area contributed by atoms with Crippen LogP contribution in [0.25, 0.3) is 11.4 Å². The fraction of sp³-hybridized carbons (Fsp3) is 0.500. The van der Waals surface area contributed by atoms with Gasteiger partial charge in [0.05, 0.1) is 19.0 Å². The Bertz CT molecular complexity index is 603. The summed E-state index contributed by atoms with van der Waals surface area (Å²) in [5.74, 6) is 1.41. The van der Waals surface area contributed by atoms with Crippen molar-refractivity contribution in [3.8, 4) is 17.1 Å². The molecule has 0 unspecified atom stereocenters. The molecule has 0 aliphatic carbocycles. The zero-order valence-corrected chi connectivity index (χ0v) is 12.4. The number of ether oxygens (including phenoxy) is 1. The van der Waals surface area contributed by atoms with Crippen molar-refractivity contribution < 1.29 is 4.74 Å². The summed E-state index contributed by atoms with van der Waals surface area (Å²) < 4.78 is 7.18. The zero-order chi connectivity index (χ0) is 14.7. The Kier molecular flexibility index (Phi) is 4.01. The fourth-order valence-electron chi connectivity index (χ4n) is 2.50. The minimum atomic E-state index is 0.662. The van der Waals surface area contributed by atoms with E-state index >= 15 is 0 Å². The number of aryl methyl sites for hydroxylation is 1. The summed E-state index contributed by atoms with van der Waals surface area (Å²) in [4.78, 5) is 11.4. The van der Waals surface area contributed by atoms with Crippen LogP contribution in [-0.2, 0) is 7.05 Å². The molecule has 1 saturated heterocycles. The van der Waals surface area contributed by atoms with Gasteiger partial charge in [0.25, 0.3) is 0 Å². The summed E-state index contributed by atoms with van der Waals surface area (Å²) in [6.45, 7) is 3.87. The van der Waals surface area contributed by atoms with Crippen LogP contribution in [0.1, 0.15) is 6.42 Å². The van der Waals surface area contributed by atoms with Crippen molar-refractivity contribution in [1.29, 1.82) is 0 Å². The second kappa shape index (κ2) is 6.09. The molecule has 1 fully saturated rings. The molecule has 112 valence electrons. The van der Waals surface area contributed by atoms with Crippen molar-refractivity contribution in [2.24, 2.45) is 7.05 Å². The number of rotatable bonds is 3. The number of nitrogens with zero attached hydrogens (tertiary/aromatic N) is 5. The summed E-state index contributed by atoms with van der Waals surface area (Å²) in [5, 5.41) is 7.59. The first-order chi connectivity index (χ1) is 10.3. The van der Waals surface area contributed by atoms with Crippen molar-refractivity contribution >= 4 is 5.95 Å². The van der Waals surface area contributed by atoms with E-state index in [-0.39, 0.29) is 0 Å². The number of methoxy groups -OCH3 is 1. The Morgan fingerprint density at radius 2 is 2.19 bits per heavy atom. The van der Waals surface area contributed by atoms with E-state index < -0.39 is 0 Å². The summed E-state index contributed by atoms with van der Waals surface area (Å²) in [7, 11) is 3.53. The normalized spacial score (nSPS) is 15.8. The highest BCUT2D eigenvalue weighted by Crippen LogP contribution is 2.28. The monoisotopic (exact) mass is 288 g/mol. The van der Waals surface area contributed by atoms with Crippen LogP contribution >= 0.6 is 0 Å². The summed E-state index contributed by atoms with van der Waals surface area (Å²) in [5.41, 5.74) is 1.70. The lowest BCUT2D eigenvalue weighted by molar-refractivity contribution is 0.412. The molecule has 1 aliphatic rings. The standard InChI is InChI=1S/C14H20N6O/c1-19-11(4-6-17-19)13-12(21-2)10-16-14(18-13)20-8-3-5-15-7-9-20/h4,6,10,15H,3,5,7-9H2,1-2H3. The van der Waals surface area contributed by atoms with Crippen LogP contribution in [0.3, 0.4) is 0 Å². The van der Waals surface area contributed by atoms with Gasteiger partial charge in [-0.2, -0.15) is 5.10 Å². The molecule has 0 aromatic carbocycles. The molecule has 3 rings (SSSR count). The molecular weight excluding hydrogens is 268 g/mol. The molecule has 0 saturated carbocycles. The van der Waals surface area contributed by atoms with Gasteiger partial charge in [0.1, 0.15) is 5.69 Å². The SMILES string of the molecule is COc1cnc(N2CCCNCC2)nc1-c1ccnn1C. The summed E-state index contributed by atoms with van der Waals surface area (Å²) in [6.07, 6.45) is 4.59. The van der Waals surface area contributed by atoms with E-state index in [9.17, 15) is 0 Å². The zero-order valence-electron chi connectivity index (χ0n) is 12.4. The molecule has 0 amide bonds. The summed E-state index contributed by atoms with van der Waals surface area (Å²) >= 11 is 0. The second-order valence-corrected chi connectivity index (χ2v) is 5.02. The molecule has 21 heavy (non-hydrogen) atoms. The van der Waals surface area contributed by atoms with E-state index in [0.29, 0.717) is 5.75 Å². The maximum Gasteiger partial charge on any atom is 0.226 e. The maximum atomic E-state index is 5.39. The number of nitrogens with one attached hydrogen (secondary N) is 1. The largest absolute Gasteiger partial charge is 0.493 e. The Morgan fingerprint density at radius 3 is 2.95 bits per heavy atom. The molecule has 7 nitrogen and oxygen atoms in total. The molecule has 2 aromatic heterocycles. The average molecular weight is 288 g/mol. The Hall–Kier alpha value is -2.15. The van der Waals surface area contributed by atoms with Crippen molar-refractivity contribution in [3.63, 3.8) is 0 Å². The predicted octanol–water partition coefficient (Wildman–Crippen LogP) is 0.685. The van der Waals surface area contributed by atoms with Gasteiger partial charge >= 0.3 is 0 Å². The molecule has 7 heteroatoms. The fourth-order valence-corrected chi connectivity index (χ4v) is 2.50. The Morgan fingerprint density at radius 1 is 1.29 bits per heavy atom. The molecule has 3 heterocycles. The van der Waals surface area contributed by atoms with Gasteiger partial charge in [0, 0.05) is 32.9 Å². The number of aromatic nitrogens is 4. The van der Waals surface area contributed by atoms with E-state index in [1.165, 1.54) is 0 Å². The summed E-state index contributed by atoms with van der Waals surface area (Å²) in [6, 6.07) is 1.93. The average Bonchev–Trinajstić information content (AvgIpc) is 2.77. The van der Waals surface area contributed by atoms with E-state index in [4.69, 9.17) is 9.72 Å². The minimum Gasteiger partial charge on any atom is -0.493 e. The van der Waals surface area contributed by atoms with E-state index in [2.05, 4.69) is 20.3 Å². The van der Waals surface area contributed by atoms with Gasteiger partial charge in [-0.1, -0.05) is 0 Å². The number of hydrogen-bond acceptors (Lipinski definition) is 6. The van der Waals surface area contributed by atoms with Gasteiger partial charge in [0.2, 0.25) is 5.95 Å². The van der Waals surface area contributed by atoms with Crippen LogP contribution in [0, 0.1) is 0 Å². The van der Waals surface area contributed by atoms with Crippen LogP contribution in [0.4, 0.5) is 5.95 Å². The lowest BCUT2D eigenvalue weighted by Gasteiger charge is -2.20. The molecule has 2 aromatic rings. The molecule has 1 N–H and O–H groups in total. The van der Waals surface area contributed by atoms with Crippen molar-refractivity contribution in [2.75, 3.05) is 38.2 Å². The van der Waals surface area contributed by atoms with Crippen LogP contribution in [0.5, 0.6) is 5.75 Å². The number of anilines is 1. The third kappa shape index (κ3) is 2.82. The van der Waals surface area contributed by atoms with Crippen LogP contribution < -0.4 is 15.0 Å². The highest BCUT2D eigenvalue weighted by molar-refractivity contribution is 5.63. The lowest BCUT2D eigenvalue weighted by Crippen LogP contribution is -2.29. The topological polar surface area (TPSA) is 68.1 Å². The lowest BCUT2D eigenvalue weighted by atomic mass is 10.3. The van der Waals surface area contributed by atoms with Gasteiger partial charge in [-0.3, -0.25) is 4.68 Å². The second-order valence-electron chi connectivity index (χ2n) is 5.02. The highest BCUT2D eigenvalue weighted by atomic mass is 16.5. The molecule has 0 bridgehead atoms. The van der Waals surface area contributed by atoms with Crippen LogP contribution in [-0.4, -0.2) is 53.0 Å². The minimum absolute atomic E-state index is 0.662. The van der Waals surface area contributed by atoms with Crippen LogP contribution in [0.2, 0.25) is 0 Å². The first kappa shape index (κ1) is 13.8. The van der Waals surface area contributed by atoms with Crippen molar-refractivity contribution in [3.05, 3.63) is 18.5 Å². The molecule has 0 spiro atoms. The van der Waals surface area contributed by atoms with E-state index in [0.717, 1.165) is 49.9 Å². The third-order valence-electron chi connectivity index (χ3n) is 3.65. The molecular formula is C14H20N6O. The highest BCUT2D eigenvalue weighted by Gasteiger charge is 2.17. The van der Waals surface area contributed by atoms with Gasteiger partial charge in [-0.05, 0) is 19.0 Å². The van der Waals surface area contributed by atoms with E-state index in [1.54, 1.807) is 24.2 Å². The molecule has 0 radical (unpaired) electrons. The quantitative estimate of drug-likeness (QED) is 0.896. The molecule has 0 atom stereocenters. The Balaban J connectivity index is 1.98. The predicted molar refractivity (Wildman–Crippen MR) is 80.5 cm³/mol. The van der Waals surface area contributed by atoms with Crippen molar-refractivity contribution in [1.82, 2.24) is 25.1 Å². The van der Waals surface area contributed by atoms with Gasteiger partial charge in [0.15, 0.2) is 5.75 Å². The van der Waals surface area contributed by atoms with Gasteiger partial charge in [-0.25, -0.2) is 9.97 Å². The van der Waals surface area contributed by atoms with Crippen LogP contribution in [0.15, 0.2) is 18.5 Å². The van der Waals surface area contributed by atoms with Gasteiger partial charge < -0.3 is 15.0 Å². The Labute approximate surface area is 124 Å². The molecule has 1 aliphatic heterocycles.